The van der Waals surface area contributed by atoms with Crippen LogP contribution in [0.2, 0.25) is 5.02 Å². The van der Waals surface area contributed by atoms with E-state index in [9.17, 15) is 10.1 Å². The second kappa shape index (κ2) is 6.74. The van der Waals surface area contributed by atoms with Crippen LogP contribution >= 0.6 is 11.6 Å². The molecule has 2 heterocycles. The quantitative estimate of drug-likeness (QED) is 0.618. The third kappa shape index (κ3) is 3.34. The maximum atomic E-state index is 11.3. The highest BCUT2D eigenvalue weighted by Crippen LogP contribution is 2.32. The minimum Gasteiger partial charge on any atom is -0.424 e. The largest absolute Gasteiger partial charge is 0.424 e. The summed E-state index contributed by atoms with van der Waals surface area (Å²) in [7, 11) is 0. The number of benzene rings is 1. The molecule has 1 fully saturated rings. The number of nitro groups is 1. The van der Waals surface area contributed by atoms with E-state index in [0.29, 0.717) is 35.6 Å². The van der Waals surface area contributed by atoms with Gasteiger partial charge in [-0.2, -0.15) is 0 Å². The van der Waals surface area contributed by atoms with Crippen molar-refractivity contribution >= 4 is 23.0 Å². The van der Waals surface area contributed by atoms with Gasteiger partial charge in [0.2, 0.25) is 11.8 Å². The van der Waals surface area contributed by atoms with Gasteiger partial charge >= 0.3 is 0 Å². The molecule has 0 radical (unpaired) electrons. The standard InChI is InChI=1S/C15H18ClN5O3/c1-10(15-18-17-11(2)24-15)19-5-7-20(8-6-19)13-4-3-12(16)9-14(13)21(22)23/h3-4,9-10H,5-8H2,1-2H3/t10-/m0/s1. The highest BCUT2D eigenvalue weighted by molar-refractivity contribution is 6.30. The molecule has 0 N–H and O–H groups in total. The van der Waals surface area contributed by atoms with Gasteiger partial charge in [-0.3, -0.25) is 15.0 Å². The first-order valence-corrected chi connectivity index (χ1v) is 8.06. The zero-order chi connectivity index (χ0) is 17.3. The van der Waals surface area contributed by atoms with Crippen molar-refractivity contribution in [1.29, 1.82) is 0 Å². The van der Waals surface area contributed by atoms with Crippen LogP contribution in [0.4, 0.5) is 11.4 Å². The van der Waals surface area contributed by atoms with Gasteiger partial charge in [-0.1, -0.05) is 11.6 Å². The Morgan fingerprint density at radius 3 is 2.58 bits per heavy atom. The second-order valence-corrected chi connectivity index (χ2v) is 6.18. The van der Waals surface area contributed by atoms with Crippen molar-refractivity contribution in [3.63, 3.8) is 0 Å². The molecule has 9 heteroatoms. The van der Waals surface area contributed by atoms with E-state index in [2.05, 4.69) is 15.1 Å². The van der Waals surface area contributed by atoms with Gasteiger partial charge in [0.05, 0.1) is 11.0 Å². The molecular weight excluding hydrogens is 334 g/mol. The summed E-state index contributed by atoms with van der Waals surface area (Å²) in [5, 5.41) is 19.6. The maximum absolute atomic E-state index is 11.3. The number of hydrogen-bond donors (Lipinski definition) is 0. The van der Waals surface area contributed by atoms with Gasteiger partial charge in [-0.25, -0.2) is 0 Å². The number of aryl methyl sites for hydroxylation is 1. The molecule has 1 aliphatic rings. The third-order valence-electron chi connectivity index (χ3n) is 4.24. The molecule has 0 amide bonds. The fourth-order valence-corrected chi connectivity index (χ4v) is 3.06. The zero-order valence-electron chi connectivity index (χ0n) is 13.5. The summed E-state index contributed by atoms with van der Waals surface area (Å²) in [5.74, 6) is 1.14. The fraction of sp³-hybridized carbons (Fsp3) is 0.467. The summed E-state index contributed by atoms with van der Waals surface area (Å²) in [5.41, 5.74) is 0.641. The van der Waals surface area contributed by atoms with Crippen molar-refractivity contribution in [2.24, 2.45) is 0 Å². The topological polar surface area (TPSA) is 88.5 Å². The molecule has 1 saturated heterocycles. The number of aromatic nitrogens is 2. The van der Waals surface area contributed by atoms with Crippen molar-refractivity contribution in [3.05, 3.63) is 45.1 Å². The minimum absolute atomic E-state index is 0.0218. The van der Waals surface area contributed by atoms with Crippen LogP contribution in [0.25, 0.3) is 0 Å². The van der Waals surface area contributed by atoms with E-state index in [0.717, 1.165) is 13.1 Å². The van der Waals surface area contributed by atoms with Crippen molar-refractivity contribution in [2.45, 2.75) is 19.9 Å². The molecule has 0 spiro atoms. The molecule has 0 aliphatic carbocycles. The maximum Gasteiger partial charge on any atom is 0.294 e. The molecular formula is C15H18ClN5O3. The Labute approximate surface area is 144 Å². The minimum atomic E-state index is -0.391. The molecule has 2 aromatic rings. The van der Waals surface area contributed by atoms with Crippen molar-refractivity contribution < 1.29 is 9.34 Å². The highest BCUT2D eigenvalue weighted by atomic mass is 35.5. The number of hydrogen-bond acceptors (Lipinski definition) is 7. The molecule has 1 aromatic carbocycles. The van der Waals surface area contributed by atoms with Crippen molar-refractivity contribution in [1.82, 2.24) is 15.1 Å². The number of nitro benzene ring substituents is 1. The van der Waals surface area contributed by atoms with E-state index in [1.165, 1.54) is 6.07 Å². The summed E-state index contributed by atoms with van der Waals surface area (Å²) in [4.78, 5) is 15.1. The van der Waals surface area contributed by atoms with Crippen LogP contribution < -0.4 is 4.90 Å². The predicted molar refractivity (Wildman–Crippen MR) is 89.3 cm³/mol. The average molecular weight is 352 g/mol. The van der Waals surface area contributed by atoms with E-state index < -0.39 is 4.92 Å². The Hall–Kier alpha value is -2.19. The molecule has 8 nitrogen and oxygen atoms in total. The monoisotopic (exact) mass is 351 g/mol. The van der Waals surface area contributed by atoms with Crippen LogP contribution in [0, 0.1) is 17.0 Å². The van der Waals surface area contributed by atoms with Crippen LogP contribution in [0.3, 0.4) is 0 Å². The van der Waals surface area contributed by atoms with Crippen LogP contribution in [0.5, 0.6) is 0 Å². The molecule has 0 saturated carbocycles. The van der Waals surface area contributed by atoms with Crippen molar-refractivity contribution in [2.75, 3.05) is 31.1 Å². The van der Waals surface area contributed by atoms with E-state index in [-0.39, 0.29) is 11.7 Å². The molecule has 1 aromatic heterocycles. The Morgan fingerprint density at radius 1 is 1.29 bits per heavy atom. The van der Waals surface area contributed by atoms with E-state index in [1.54, 1.807) is 19.1 Å². The van der Waals surface area contributed by atoms with Gasteiger partial charge in [0.1, 0.15) is 5.69 Å². The van der Waals surface area contributed by atoms with Gasteiger partial charge in [0.15, 0.2) is 0 Å². The Balaban J connectivity index is 1.70. The summed E-state index contributed by atoms with van der Waals surface area (Å²) >= 11 is 5.88. The van der Waals surface area contributed by atoms with Crippen LogP contribution in [0.15, 0.2) is 22.6 Å². The van der Waals surface area contributed by atoms with E-state index in [1.807, 2.05) is 11.8 Å². The number of anilines is 1. The van der Waals surface area contributed by atoms with Crippen molar-refractivity contribution in [3.8, 4) is 0 Å². The highest BCUT2D eigenvalue weighted by Gasteiger charge is 2.28. The van der Waals surface area contributed by atoms with Crippen LogP contribution in [0.1, 0.15) is 24.7 Å². The first-order chi connectivity index (χ1) is 11.5. The first kappa shape index (κ1) is 16.7. The Kier molecular flexibility index (Phi) is 4.68. The van der Waals surface area contributed by atoms with E-state index in [4.69, 9.17) is 16.0 Å². The smallest absolute Gasteiger partial charge is 0.294 e. The summed E-state index contributed by atoms with van der Waals surface area (Å²) in [6.45, 7) is 6.65. The molecule has 0 bridgehead atoms. The summed E-state index contributed by atoms with van der Waals surface area (Å²) < 4.78 is 5.49. The van der Waals surface area contributed by atoms with Gasteiger partial charge in [0, 0.05) is 44.2 Å². The summed E-state index contributed by atoms with van der Waals surface area (Å²) in [6, 6.07) is 4.81. The SMILES string of the molecule is Cc1nnc([C@H](C)N2CCN(c3ccc(Cl)cc3[N+](=O)[O-])CC2)o1. The lowest BCUT2D eigenvalue weighted by atomic mass is 10.2. The number of halogens is 1. The van der Waals surface area contributed by atoms with Gasteiger partial charge in [-0.05, 0) is 19.1 Å². The van der Waals surface area contributed by atoms with Gasteiger partial charge < -0.3 is 9.32 Å². The Morgan fingerprint density at radius 2 is 2.00 bits per heavy atom. The van der Waals surface area contributed by atoms with Crippen LogP contribution in [-0.2, 0) is 0 Å². The zero-order valence-corrected chi connectivity index (χ0v) is 14.2. The number of rotatable bonds is 4. The molecule has 0 unspecified atom stereocenters. The average Bonchev–Trinajstić information content (AvgIpc) is 3.01. The third-order valence-corrected chi connectivity index (χ3v) is 4.47. The van der Waals surface area contributed by atoms with Gasteiger partial charge in [-0.15, -0.1) is 10.2 Å². The van der Waals surface area contributed by atoms with Crippen LogP contribution in [-0.4, -0.2) is 46.2 Å². The van der Waals surface area contributed by atoms with Gasteiger partial charge in [0.25, 0.3) is 5.69 Å². The second-order valence-electron chi connectivity index (χ2n) is 5.75. The Bertz CT molecular complexity index is 742. The lowest BCUT2D eigenvalue weighted by Gasteiger charge is -2.37. The summed E-state index contributed by atoms with van der Waals surface area (Å²) in [6.07, 6.45) is 0. The fourth-order valence-electron chi connectivity index (χ4n) is 2.90. The lowest BCUT2D eigenvalue weighted by molar-refractivity contribution is -0.384. The lowest BCUT2D eigenvalue weighted by Crippen LogP contribution is -2.47. The first-order valence-electron chi connectivity index (χ1n) is 7.68. The molecule has 24 heavy (non-hydrogen) atoms. The number of nitrogens with zero attached hydrogens (tertiary/aromatic N) is 5. The predicted octanol–water partition coefficient (Wildman–Crippen LogP) is 2.82. The molecule has 3 rings (SSSR count). The molecule has 1 atom stereocenters. The molecule has 1 aliphatic heterocycles. The van der Waals surface area contributed by atoms with E-state index >= 15 is 0 Å². The number of piperazine rings is 1. The molecule has 128 valence electrons. The normalized spacial score (nSPS) is 17.0.